The molecule has 0 radical (unpaired) electrons. The van der Waals surface area contributed by atoms with Crippen LogP contribution in [0.1, 0.15) is 11.3 Å². The summed E-state index contributed by atoms with van der Waals surface area (Å²) in [5, 5.41) is 15.7. The van der Waals surface area contributed by atoms with Gasteiger partial charge in [0, 0.05) is 24.1 Å². The van der Waals surface area contributed by atoms with Crippen molar-refractivity contribution < 1.29 is 9.84 Å². The van der Waals surface area contributed by atoms with Gasteiger partial charge in [0.2, 0.25) is 0 Å². The maximum atomic E-state index is 9.79. The lowest BCUT2D eigenvalue weighted by Crippen LogP contribution is -1.95. The molecule has 2 aromatic heterocycles. The minimum atomic E-state index is 0.00503. The molecule has 22 heavy (non-hydrogen) atoms. The highest BCUT2D eigenvalue weighted by Gasteiger charge is 2.15. The van der Waals surface area contributed by atoms with Crippen molar-refractivity contribution in [2.75, 3.05) is 7.11 Å². The van der Waals surface area contributed by atoms with E-state index in [1.165, 1.54) is 13.2 Å². The zero-order valence-corrected chi connectivity index (χ0v) is 13.6. The number of aryl methyl sites for hydroxylation is 3. The van der Waals surface area contributed by atoms with Crippen molar-refractivity contribution in [3.05, 3.63) is 34.5 Å². The Balaban J connectivity index is 2.29. The third-order valence-electron chi connectivity index (χ3n) is 3.71. The smallest absolute Gasteiger partial charge is 0.161 e. The summed E-state index contributed by atoms with van der Waals surface area (Å²) in [7, 11) is 3.36. The van der Waals surface area contributed by atoms with Gasteiger partial charge in [0.05, 0.1) is 23.5 Å². The number of aromatic hydroxyl groups is 1. The van der Waals surface area contributed by atoms with Crippen LogP contribution in [-0.2, 0) is 7.05 Å². The minimum Gasteiger partial charge on any atom is -0.504 e. The van der Waals surface area contributed by atoms with Gasteiger partial charge in [-0.25, -0.2) is 4.98 Å². The van der Waals surface area contributed by atoms with E-state index in [9.17, 15) is 5.11 Å². The van der Waals surface area contributed by atoms with Crippen LogP contribution in [0.5, 0.6) is 11.5 Å². The summed E-state index contributed by atoms with van der Waals surface area (Å²) in [6.45, 7) is 3.99. The molecule has 1 aromatic carbocycles. The van der Waals surface area contributed by atoms with Crippen LogP contribution in [0.25, 0.3) is 22.3 Å². The number of nitrogens with zero attached hydrogens (tertiary/aromatic N) is 3. The van der Waals surface area contributed by atoms with Crippen LogP contribution in [0.3, 0.4) is 0 Å². The van der Waals surface area contributed by atoms with Gasteiger partial charge in [0.25, 0.3) is 0 Å². The Kier molecular flexibility index (Phi) is 3.45. The number of hydrogen-bond acceptors (Lipinski definition) is 4. The average molecular weight is 318 g/mol. The minimum absolute atomic E-state index is 0.00503. The van der Waals surface area contributed by atoms with E-state index >= 15 is 0 Å². The summed E-state index contributed by atoms with van der Waals surface area (Å²) >= 11 is 6.26. The number of ether oxygens (including phenoxy) is 1. The van der Waals surface area contributed by atoms with Gasteiger partial charge in [-0.15, -0.1) is 0 Å². The molecular weight excluding hydrogens is 302 g/mol. The SMILES string of the molecule is COc1cc(-c2cc(C)c3c(C)nn(C)c3n2)c(Cl)cc1O. The second-order valence-corrected chi connectivity index (χ2v) is 5.64. The first kappa shape index (κ1) is 14.7. The number of benzene rings is 1. The quantitative estimate of drug-likeness (QED) is 0.784. The molecule has 0 aliphatic rings. The third kappa shape index (κ3) is 2.18. The topological polar surface area (TPSA) is 60.2 Å². The molecule has 0 aliphatic heterocycles. The number of aromatic nitrogens is 3. The molecule has 3 aromatic rings. The molecular formula is C16H16ClN3O2. The van der Waals surface area contributed by atoms with Crippen LogP contribution >= 0.6 is 11.6 Å². The van der Waals surface area contributed by atoms with Crippen LogP contribution in [0.15, 0.2) is 18.2 Å². The van der Waals surface area contributed by atoms with E-state index in [0.717, 1.165) is 28.0 Å². The summed E-state index contributed by atoms with van der Waals surface area (Å²) in [6.07, 6.45) is 0. The highest BCUT2D eigenvalue weighted by molar-refractivity contribution is 6.33. The van der Waals surface area contributed by atoms with Gasteiger partial charge in [-0.2, -0.15) is 5.10 Å². The number of fused-ring (bicyclic) bond motifs is 1. The van der Waals surface area contributed by atoms with Gasteiger partial charge in [-0.3, -0.25) is 4.68 Å². The lowest BCUT2D eigenvalue weighted by molar-refractivity contribution is 0.373. The molecule has 0 saturated carbocycles. The van der Waals surface area contributed by atoms with Gasteiger partial charge in [-0.1, -0.05) is 11.6 Å². The highest BCUT2D eigenvalue weighted by atomic mass is 35.5. The second kappa shape index (κ2) is 5.18. The number of halogens is 1. The number of pyridine rings is 1. The Labute approximate surface area is 133 Å². The van der Waals surface area contributed by atoms with E-state index < -0.39 is 0 Å². The molecule has 6 heteroatoms. The zero-order chi connectivity index (χ0) is 16.0. The first-order chi connectivity index (χ1) is 10.4. The molecule has 0 aliphatic carbocycles. The van der Waals surface area contributed by atoms with Crippen molar-refractivity contribution in [2.24, 2.45) is 7.05 Å². The molecule has 0 bridgehead atoms. The molecule has 2 heterocycles. The molecule has 0 amide bonds. The summed E-state index contributed by atoms with van der Waals surface area (Å²) < 4.78 is 6.91. The Morgan fingerprint density at radius 3 is 2.64 bits per heavy atom. The summed E-state index contributed by atoms with van der Waals surface area (Å²) in [6, 6.07) is 5.12. The van der Waals surface area contributed by atoms with Gasteiger partial charge in [0.15, 0.2) is 17.1 Å². The summed E-state index contributed by atoms with van der Waals surface area (Å²) in [5.74, 6) is 0.366. The van der Waals surface area contributed by atoms with Crippen LogP contribution < -0.4 is 4.74 Å². The number of phenols is 1. The Morgan fingerprint density at radius 1 is 1.23 bits per heavy atom. The molecule has 0 spiro atoms. The Hall–Kier alpha value is -2.27. The van der Waals surface area contributed by atoms with Crippen LogP contribution in [0, 0.1) is 13.8 Å². The standard InChI is InChI=1S/C16H16ClN3O2/c1-8-5-12(18-16-15(8)9(2)19-20(16)3)10-6-14(22-4)13(21)7-11(10)17/h5-7,21H,1-4H3. The van der Waals surface area contributed by atoms with Gasteiger partial charge < -0.3 is 9.84 Å². The van der Waals surface area contributed by atoms with E-state index in [0.29, 0.717) is 16.3 Å². The van der Waals surface area contributed by atoms with Gasteiger partial charge >= 0.3 is 0 Å². The number of methoxy groups -OCH3 is 1. The van der Waals surface area contributed by atoms with Crippen molar-refractivity contribution in [2.45, 2.75) is 13.8 Å². The fourth-order valence-electron chi connectivity index (χ4n) is 2.70. The number of phenolic OH excluding ortho intramolecular Hbond substituents is 1. The molecule has 3 rings (SSSR count). The zero-order valence-electron chi connectivity index (χ0n) is 12.8. The normalized spacial score (nSPS) is 11.1. The fraction of sp³-hybridized carbons (Fsp3) is 0.250. The van der Waals surface area contributed by atoms with E-state index in [4.69, 9.17) is 16.3 Å². The van der Waals surface area contributed by atoms with Crippen molar-refractivity contribution in [1.29, 1.82) is 0 Å². The monoisotopic (exact) mass is 317 g/mol. The van der Waals surface area contributed by atoms with Gasteiger partial charge in [0.1, 0.15) is 0 Å². The van der Waals surface area contributed by atoms with E-state index in [1.807, 2.05) is 27.0 Å². The molecule has 114 valence electrons. The van der Waals surface area contributed by atoms with Crippen LogP contribution in [0.2, 0.25) is 5.02 Å². The first-order valence-electron chi connectivity index (χ1n) is 6.80. The maximum absolute atomic E-state index is 9.79. The van der Waals surface area contributed by atoms with Crippen LogP contribution in [0.4, 0.5) is 0 Å². The van der Waals surface area contributed by atoms with Crippen molar-refractivity contribution >= 4 is 22.6 Å². The lowest BCUT2D eigenvalue weighted by Gasteiger charge is -2.10. The Morgan fingerprint density at radius 2 is 1.95 bits per heavy atom. The lowest BCUT2D eigenvalue weighted by atomic mass is 10.1. The highest BCUT2D eigenvalue weighted by Crippen LogP contribution is 2.38. The Bertz CT molecular complexity index is 887. The average Bonchev–Trinajstić information content (AvgIpc) is 2.74. The first-order valence-corrected chi connectivity index (χ1v) is 7.18. The molecule has 0 fully saturated rings. The van der Waals surface area contributed by atoms with Crippen molar-refractivity contribution in [3.63, 3.8) is 0 Å². The summed E-state index contributed by atoms with van der Waals surface area (Å²) in [5.41, 5.74) is 4.25. The van der Waals surface area contributed by atoms with Crippen molar-refractivity contribution in [3.8, 4) is 22.8 Å². The third-order valence-corrected chi connectivity index (χ3v) is 4.02. The van der Waals surface area contributed by atoms with Crippen LogP contribution in [-0.4, -0.2) is 27.0 Å². The molecule has 1 N–H and O–H groups in total. The number of hydrogen-bond donors (Lipinski definition) is 1. The number of rotatable bonds is 2. The molecule has 0 atom stereocenters. The largest absolute Gasteiger partial charge is 0.504 e. The second-order valence-electron chi connectivity index (χ2n) is 5.24. The summed E-state index contributed by atoms with van der Waals surface area (Å²) in [4.78, 5) is 4.67. The molecule has 0 unspecified atom stereocenters. The van der Waals surface area contributed by atoms with Crippen molar-refractivity contribution in [1.82, 2.24) is 14.8 Å². The fourth-order valence-corrected chi connectivity index (χ4v) is 2.95. The molecule has 0 saturated heterocycles. The molecule has 5 nitrogen and oxygen atoms in total. The van der Waals surface area contributed by atoms with Gasteiger partial charge in [-0.05, 0) is 31.5 Å². The van der Waals surface area contributed by atoms with E-state index in [1.54, 1.807) is 10.7 Å². The maximum Gasteiger partial charge on any atom is 0.161 e. The predicted molar refractivity (Wildman–Crippen MR) is 86.6 cm³/mol. The van der Waals surface area contributed by atoms with E-state index in [-0.39, 0.29) is 5.75 Å². The van der Waals surface area contributed by atoms with E-state index in [2.05, 4.69) is 10.1 Å². The predicted octanol–water partition coefficient (Wildman–Crippen LogP) is 3.62.